The molecule has 3 heteroatoms. The summed E-state index contributed by atoms with van der Waals surface area (Å²) in [4.78, 5) is 4.40. The van der Waals surface area contributed by atoms with E-state index in [2.05, 4.69) is 40.0 Å². The summed E-state index contributed by atoms with van der Waals surface area (Å²) in [6.07, 6.45) is 2.97. The lowest BCUT2D eigenvalue weighted by Gasteiger charge is -2.02. The van der Waals surface area contributed by atoms with Gasteiger partial charge in [0, 0.05) is 6.54 Å². The molecule has 15 heavy (non-hydrogen) atoms. The van der Waals surface area contributed by atoms with Gasteiger partial charge < -0.3 is 9.88 Å². The van der Waals surface area contributed by atoms with Crippen molar-refractivity contribution in [1.82, 2.24) is 14.9 Å². The molecule has 3 nitrogen and oxygen atoms in total. The monoisotopic (exact) mass is 203 g/mol. The van der Waals surface area contributed by atoms with Crippen LogP contribution in [0.25, 0.3) is 11.0 Å². The van der Waals surface area contributed by atoms with Gasteiger partial charge in [-0.1, -0.05) is 6.07 Å². The van der Waals surface area contributed by atoms with Gasteiger partial charge in [0.2, 0.25) is 0 Å². The number of benzene rings is 1. The van der Waals surface area contributed by atoms with E-state index in [1.807, 2.05) is 13.4 Å². The Bertz CT molecular complexity index is 445. The molecule has 0 aliphatic heterocycles. The Labute approximate surface area is 90.1 Å². The molecule has 0 radical (unpaired) electrons. The molecular formula is C12H17N3. The van der Waals surface area contributed by atoms with Crippen LogP contribution in [0.3, 0.4) is 0 Å². The number of hydrogen-bond donors (Lipinski definition) is 1. The van der Waals surface area contributed by atoms with Crippen molar-refractivity contribution in [3.63, 3.8) is 0 Å². The molecule has 1 heterocycles. The van der Waals surface area contributed by atoms with Gasteiger partial charge in [-0.15, -0.1) is 0 Å². The minimum Gasteiger partial charge on any atom is -0.331 e. The first kappa shape index (κ1) is 10.2. The smallest absolute Gasteiger partial charge is 0.0958 e. The number of fused-ring (bicyclic) bond motifs is 1. The van der Waals surface area contributed by atoms with Crippen molar-refractivity contribution in [2.75, 3.05) is 13.6 Å². The van der Waals surface area contributed by atoms with Gasteiger partial charge in [-0.05, 0) is 44.6 Å². The van der Waals surface area contributed by atoms with Gasteiger partial charge in [-0.25, -0.2) is 4.98 Å². The van der Waals surface area contributed by atoms with Gasteiger partial charge >= 0.3 is 0 Å². The van der Waals surface area contributed by atoms with Crippen LogP contribution in [0.2, 0.25) is 0 Å². The fourth-order valence-electron chi connectivity index (χ4n) is 1.79. The summed E-state index contributed by atoms with van der Waals surface area (Å²) in [5.74, 6) is 0. The minimum atomic E-state index is 0.979. The summed E-state index contributed by atoms with van der Waals surface area (Å²) < 4.78 is 2.16. The number of likely N-dealkylation sites (N-methyl/N-ethyl adjacent to an activating group) is 1. The first-order chi connectivity index (χ1) is 7.35. The normalized spacial score (nSPS) is 11.1. The van der Waals surface area contributed by atoms with E-state index in [4.69, 9.17) is 0 Å². The Balaban J connectivity index is 2.31. The molecule has 80 valence electrons. The van der Waals surface area contributed by atoms with E-state index >= 15 is 0 Å². The Morgan fingerprint density at radius 2 is 2.27 bits per heavy atom. The minimum absolute atomic E-state index is 0.979. The second-order valence-corrected chi connectivity index (χ2v) is 3.71. The van der Waals surface area contributed by atoms with Crippen molar-refractivity contribution in [2.45, 2.75) is 19.9 Å². The van der Waals surface area contributed by atoms with Crippen LogP contribution in [0.1, 0.15) is 12.5 Å². The zero-order chi connectivity index (χ0) is 10.7. The molecule has 0 bridgehead atoms. The third-order valence-electron chi connectivity index (χ3n) is 2.69. The Kier molecular flexibility index (Phi) is 3.02. The van der Waals surface area contributed by atoms with Gasteiger partial charge in [0.25, 0.3) is 0 Å². The fraction of sp³-hybridized carbons (Fsp3) is 0.417. The summed E-state index contributed by atoms with van der Waals surface area (Å²) in [7, 11) is 1.98. The lowest BCUT2D eigenvalue weighted by Crippen LogP contribution is -2.10. The number of aryl methyl sites for hydroxylation is 1. The Morgan fingerprint density at radius 3 is 3.00 bits per heavy atom. The van der Waals surface area contributed by atoms with Crippen LogP contribution in [-0.2, 0) is 13.0 Å². The highest BCUT2D eigenvalue weighted by Crippen LogP contribution is 2.15. The SMILES string of the molecule is CCn1cnc2cc(CCNC)ccc21. The lowest BCUT2D eigenvalue weighted by molar-refractivity contribution is 0.785. The molecule has 0 aliphatic rings. The average molecular weight is 203 g/mol. The van der Waals surface area contributed by atoms with Crippen molar-refractivity contribution in [2.24, 2.45) is 0 Å². The molecule has 0 fully saturated rings. The van der Waals surface area contributed by atoms with E-state index in [0.29, 0.717) is 0 Å². The average Bonchev–Trinajstić information content (AvgIpc) is 2.68. The van der Waals surface area contributed by atoms with Crippen molar-refractivity contribution in [1.29, 1.82) is 0 Å². The molecular weight excluding hydrogens is 186 g/mol. The van der Waals surface area contributed by atoms with Crippen LogP contribution in [0, 0.1) is 0 Å². The molecule has 0 spiro atoms. The number of rotatable bonds is 4. The number of hydrogen-bond acceptors (Lipinski definition) is 2. The first-order valence-electron chi connectivity index (χ1n) is 5.43. The molecule has 0 amide bonds. The highest BCUT2D eigenvalue weighted by Gasteiger charge is 2.01. The number of nitrogens with zero attached hydrogens (tertiary/aromatic N) is 2. The van der Waals surface area contributed by atoms with Crippen molar-refractivity contribution in [3.8, 4) is 0 Å². The number of imidazole rings is 1. The van der Waals surface area contributed by atoms with E-state index in [-0.39, 0.29) is 0 Å². The van der Waals surface area contributed by atoms with E-state index in [1.54, 1.807) is 0 Å². The third kappa shape index (κ3) is 2.02. The second-order valence-electron chi connectivity index (χ2n) is 3.71. The predicted molar refractivity (Wildman–Crippen MR) is 63.0 cm³/mol. The Hall–Kier alpha value is -1.35. The maximum atomic E-state index is 4.40. The molecule has 0 aliphatic carbocycles. The third-order valence-corrected chi connectivity index (χ3v) is 2.69. The summed E-state index contributed by atoms with van der Waals surface area (Å²) in [6.45, 7) is 4.13. The van der Waals surface area contributed by atoms with Crippen LogP contribution < -0.4 is 5.32 Å². The first-order valence-corrected chi connectivity index (χ1v) is 5.43. The highest BCUT2D eigenvalue weighted by atomic mass is 15.0. The van der Waals surface area contributed by atoms with Crippen LogP contribution >= 0.6 is 0 Å². The number of aromatic nitrogens is 2. The molecule has 0 atom stereocenters. The molecule has 0 unspecified atom stereocenters. The zero-order valence-corrected chi connectivity index (χ0v) is 9.33. The molecule has 1 N–H and O–H groups in total. The van der Waals surface area contributed by atoms with Crippen LogP contribution in [0.15, 0.2) is 24.5 Å². The van der Waals surface area contributed by atoms with E-state index in [0.717, 1.165) is 25.0 Å². The highest BCUT2D eigenvalue weighted by molar-refractivity contribution is 5.76. The van der Waals surface area contributed by atoms with Crippen LogP contribution in [0.4, 0.5) is 0 Å². The quantitative estimate of drug-likeness (QED) is 0.821. The topological polar surface area (TPSA) is 29.9 Å². The molecule has 1 aromatic heterocycles. The van der Waals surface area contributed by atoms with Crippen LogP contribution in [-0.4, -0.2) is 23.1 Å². The van der Waals surface area contributed by atoms with Crippen molar-refractivity contribution < 1.29 is 0 Å². The van der Waals surface area contributed by atoms with Gasteiger partial charge in [0.05, 0.1) is 17.4 Å². The zero-order valence-electron chi connectivity index (χ0n) is 9.33. The molecule has 0 saturated carbocycles. The lowest BCUT2D eigenvalue weighted by atomic mass is 10.1. The maximum Gasteiger partial charge on any atom is 0.0958 e. The summed E-state index contributed by atoms with van der Waals surface area (Å²) in [5, 5.41) is 3.16. The fourth-order valence-corrected chi connectivity index (χ4v) is 1.79. The van der Waals surface area contributed by atoms with Gasteiger partial charge in [-0.3, -0.25) is 0 Å². The molecule has 1 aromatic carbocycles. The predicted octanol–water partition coefficient (Wildman–Crippen LogP) is 1.82. The number of nitrogens with one attached hydrogen (secondary N) is 1. The summed E-state index contributed by atoms with van der Waals surface area (Å²) >= 11 is 0. The van der Waals surface area contributed by atoms with Gasteiger partial charge in [-0.2, -0.15) is 0 Å². The summed E-state index contributed by atoms with van der Waals surface area (Å²) in [5.41, 5.74) is 3.68. The maximum absolute atomic E-state index is 4.40. The molecule has 2 aromatic rings. The summed E-state index contributed by atoms with van der Waals surface area (Å²) in [6, 6.07) is 6.53. The van der Waals surface area contributed by atoms with E-state index < -0.39 is 0 Å². The standard InChI is InChI=1S/C12H17N3/c1-3-15-9-14-11-8-10(6-7-13-2)4-5-12(11)15/h4-5,8-9,13H,3,6-7H2,1-2H3. The van der Waals surface area contributed by atoms with Crippen molar-refractivity contribution in [3.05, 3.63) is 30.1 Å². The van der Waals surface area contributed by atoms with Crippen molar-refractivity contribution >= 4 is 11.0 Å². The van der Waals surface area contributed by atoms with E-state index in [9.17, 15) is 0 Å². The molecule has 2 rings (SSSR count). The van der Waals surface area contributed by atoms with Gasteiger partial charge in [0.15, 0.2) is 0 Å². The largest absolute Gasteiger partial charge is 0.331 e. The molecule has 0 saturated heterocycles. The van der Waals surface area contributed by atoms with Gasteiger partial charge in [0.1, 0.15) is 0 Å². The Morgan fingerprint density at radius 1 is 1.40 bits per heavy atom. The second kappa shape index (κ2) is 4.45. The van der Waals surface area contributed by atoms with Crippen LogP contribution in [0.5, 0.6) is 0 Å². The van der Waals surface area contributed by atoms with E-state index in [1.165, 1.54) is 11.1 Å².